The molecule has 15 heteroatoms. The number of nitrogens with one attached hydrogen (secondary N) is 4. The van der Waals surface area contributed by atoms with E-state index in [1.165, 1.54) is 0 Å². The Hall–Kier alpha value is -3.75. The first-order valence-corrected chi connectivity index (χ1v) is 18.0. The summed E-state index contributed by atoms with van der Waals surface area (Å²) in [5.41, 5.74) is 0. The van der Waals surface area contributed by atoms with Gasteiger partial charge in [0.15, 0.2) is 0 Å². The van der Waals surface area contributed by atoms with Crippen LogP contribution in [0.2, 0.25) is 0 Å². The van der Waals surface area contributed by atoms with Crippen molar-refractivity contribution >= 4 is 59.0 Å². The summed E-state index contributed by atoms with van der Waals surface area (Å²) in [7, 11) is 0. The summed E-state index contributed by atoms with van der Waals surface area (Å²) >= 11 is 1.76. The van der Waals surface area contributed by atoms with Crippen LogP contribution in [0.15, 0.2) is 12.2 Å². The third kappa shape index (κ3) is 15.4. The van der Waals surface area contributed by atoms with Crippen molar-refractivity contribution < 1.29 is 38.4 Å². The molecule has 0 saturated carbocycles. The van der Waals surface area contributed by atoms with Crippen LogP contribution >= 0.6 is 11.8 Å². The van der Waals surface area contributed by atoms with Gasteiger partial charge in [-0.25, -0.2) is 0 Å². The van der Waals surface area contributed by atoms with Gasteiger partial charge in [-0.1, -0.05) is 33.6 Å². The molecule has 0 aromatic carbocycles. The summed E-state index contributed by atoms with van der Waals surface area (Å²) in [5.74, 6) is -2.14. The zero-order valence-electron chi connectivity index (χ0n) is 28.5. The van der Waals surface area contributed by atoms with E-state index in [9.17, 15) is 38.4 Å². The van der Waals surface area contributed by atoms with Gasteiger partial charge in [0, 0.05) is 82.2 Å². The molecule has 268 valence electrons. The van der Waals surface area contributed by atoms with Crippen LogP contribution in [0.4, 0.5) is 0 Å². The van der Waals surface area contributed by atoms with Crippen molar-refractivity contribution in [2.75, 3.05) is 38.5 Å². The van der Waals surface area contributed by atoms with E-state index in [0.29, 0.717) is 50.6 Å². The van der Waals surface area contributed by atoms with Crippen molar-refractivity contribution in [3.63, 3.8) is 0 Å². The van der Waals surface area contributed by atoms with Gasteiger partial charge in [0.2, 0.25) is 35.4 Å². The molecule has 0 bridgehead atoms. The van der Waals surface area contributed by atoms with Gasteiger partial charge in [0.1, 0.15) is 6.04 Å². The quantitative estimate of drug-likeness (QED) is 0.0850. The number of likely N-dealkylation sites (tertiary alicyclic amines) is 1. The third-order valence-corrected chi connectivity index (χ3v) is 9.00. The van der Waals surface area contributed by atoms with Crippen LogP contribution in [0.25, 0.3) is 0 Å². The Morgan fingerprint density at radius 1 is 0.750 bits per heavy atom. The summed E-state index contributed by atoms with van der Waals surface area (Å²) in [6.45, 7) is 7.18. The predicted molar refractivity (Wildman–Crippen MR) is 181 cm³/mol. The molecule has 0 aliphatic carbocycles. The Morgan fingerprint density at radius 2 is 1.29 bits per heavy atom. The minimum atomic E-state index is -0.833. The van der Waals surface area contributed by atoms with Crippen LogP contribution in [0.1, 0.15) is 91.4 Å². The van der Waals surface area contributed by atoms with Gasteiger partial charge in [-0.2, -0.15) is 11.8 Å². The molecule has 1 saturated heterocycles. The zero-order chi connectivity index (χ0) is 35.5. The summed E-state index contributed by atoms with van der Waals surface area (Å²) < 4.78 is 0. The van der Waals surface area contributed by atoms with E-state index in [1.807, 2.05) is 0 Å². The average Bonchev–Trinajstić information content (AvgIpc) is 3.48. The topological polar surface area (TPSA) is 191 Å². The summed E-state index contributed by atoms with van der Waals surface area (Å²) in [6, 6.07) is -0.833. The predicted octanol–water partition coefficient (Wildman–Crippen LogP) is 1.18. The molecule has 4 N–H and O–H groups in total. The molecule has 2 rings (SSSR count). The molecular formula is C33H52N6O8S. The molecule has 14 nitrogen and oxygen atoms in total. The Kier molecular flexibility index (Phi) is 18.5. The van der Waals surface area contributed by atoms with E-state index in [-0.39, 0.29) is 61.9 Å². The number of hydrogen-bond donors (Lipinski definition) is 4. The molecule has 1 fully saturated rings. The van der Waals surface area contributed by atoms with Crippen molar-refractivity contribution in [1.82, 2.24) is 31.1 Å². The first-order chi connectivity index (χ1) is 22.9. The van der Waals surface area contributed by atoms with E-state index in [2.05, 4.69) is 35.1 Å². The van der Waals surface area contributed by atoms with Crippen molar-refractivity contribution in [2.45, 2.75) is 103 Å². The summed E-state index contributed by atoms with van der Waals surface area (Å²) in [4.78, 5) is 99.4. The summed E-state index contributed by atoms with van der Waals surface area (Å²) in [6.07, 6.45) is 7.51. The lowest BCUT2D eigenvalue weighted by Gasteiger charge is -2.20. The van der Waals surface area contributed by atoms with Gasteiger partial charge in [-0.3, -0.25) is 48.2 Å². The maximum Gasteiger partial charge on any atom is 0.253 e. The second-order valence-electron chi connectivity index (χ2n) is 12.3. The molecule has 2 heterocycles. The number of thioether (sulfide) groups is 1. The van der Waals surface area contributed by atoms with E-state index in [0.717, 1.165) is 53.4 Å². The molecule has 2 atom stereocenters. The minimum absolute atomic E-state index is 0.00719. The second kappa shape index (κ2) is 22.0. The fourth-order valence-corrected chi connectivity index (χ4v) is 5.90. The highest BCUT2D eigenvalue weighted by atomic mass is 32.2. The van der Waals surface area contributed by atoms with E-state index >= 15 is 0 Å². The number of rotatable bonds is 24. The normalized spacial score (nSPS) is 16.5. The highest BCUT2D eigenvalue weighted by Gasteiger charge is 2.35. The van der Waals surface area contributed by atoms with Crippen molar-refractivity contribution in [3.05, 3.63) is 12.2 Å². The fraction of sp³-hybridized carbons (Fsp3) is 0.697. The number of carbonyl (C=O) groups excluding carboxylic acids is 8. The molecule has 8 amide bonds. The zero-order valence-corrected chi connectivity index (χ0v) is 29.3. The van der Waals surface area contributed by atoms with E-state index < -0.39 is 29.7 Å². The Balaban J connectivity index is 1.71. The van der Waals surface area contributed by atoms with Crippen molar-refractivity contribution in [2.24, 2.45) is 5.92 Å². The van der Waals surface area contributed by atoms with Crippen molar-refractivity contribution in [3.8, 4) is 0 Å². The third-order valence-electron chi connectivity index (χ3n) is 7.89. The maximum atomic E-state index is 13.0. The van der Waals surface area contributed by atoms with Crippen LogP contribution in [-0.4, -0.2) is 107 Å². The van der Waals surface area contributed by atoms with Gasteiger partial charge in [-0.05, 0) is 37.4 Å². The second-order valence-corrected chi connectivity index (χ2v) is 14.0. The number of carbonyl (C=O) groups is 8. The Morgan fingerprint density at radius 3 is 1.88 bits per heavy atom. The fourth-order valence-electron chi connectivity index (χ4n) is 5.13. The molecule has 48 heavy (non-hydrogen) atoms. The van der Waals surface area contributed by atoms with Crippen LogP contribution in [0.5, 0.6) is 0 Å². The molecule has 0 spiro atoms. The molecule has 2 aliphatic rings. The molecule has 0 aromatic heterocycles. The first kappa shape index (κ1) is 40.4. The number of imide groups is 2. The van der Waals surface area contributed by atoms with Crippen LogP contribution in [-0.2, 0) is 38.4 Å². The lowest BCUT2D eigenvalue weighted by atomic mass is 10.1. The van der Waals surface area contributed by atoms with Gasteiger partial charge in [-0.15, -0.1) is 0 Å². The lowest BCUT2D eigenvalue weighted by molar-refractivity contribution is -0.140. The van der Waals surface area contributed by atoms with Gasteiger partial charge < -0.3 is 21.3 Å². The number of amides is 8. The van der Waals surface area contributed by atoms with Gasteiger partial charge in [0.05, 0.1) is 0 Å². The monoisotopic (exact) mass is 692 g/mol. The van der Waals surface area contributed by atoms with Gasteiger partial charge in [0.25, 0.3) is 11.8 Å². The molecule has 0 radical (unpaired) electrons. The molecule has 0 aromatic rings. The first-order valence-electron chi connectivity index (χ1n) is 17.0. The van der Waals surface area contributed by atoms with E-state index in [4.69, 9.17) is 0 Å². The number of unbranched alkanes of at least 4 members (excludes halogenated alkanes) is 4. The smallest absolute Gasteiger partial charge is 0.253 e. The lowest BCUT2D eigenvalue weighted by Crippen LogP contribution is -2.47. The molecular weight excluding hydrogens is 640 g/mol. The van der Waals surface area contributed by atoms with Crippen molar-refractivity contribution in [1.29, 1.82) is 0 Å². The average molecular weight is 693 g/mol. The van der Waals surface area contributed by atoms with E-state index in [1.54, 1.807) is 18.7 Å². The van der Waals surface area contributed by atoms with Crippen LogP contribution in [0.3, 0.4) is 0 Å². The van der Waals surface area contributed by atoms with Crippen LogP contribution in [0, 0.1) is 5.92 Å². The largest absolute Gasteiger partial charge is 0.356 e. The number of hydrogen-bond acceptors (Lipinski definition) is 9. The Labute approximate surface area is 287 Å². The number of nitrogens with zero attached hydrogens (tertiary/aromatic N) is 2. The minimum Gasteiger partial charge on any atom is -0.356 e. The Bertz CT molecular complexity index is 1170. The summed E-state index contributed by atoms with van der Waals surface area (Å²) in [5, 5.41) is 11.8. The highest BCUT2D eigenvalue weighted by molar-refractivity contribution is 7.99. The molecule has 1 unspecified atom stereocenters. The maximum absolute atomic E-state index is 13.0. The van der Waals surface area contributed by atoms with Crippen LogP contribution < -0.4 is 21.3 Å². The standard InChI is InChI=1S/C33H52N6O8S/c1-23(2)48-21-15-27(41)35-16-7-4-5-8-18-36-32(46)25(37-28(42)14-20-39-31(45)22-24(3)33(39)47)10-6-9-17-34-26(40)13-19-38-29(43)11-12-30(38)44/h11-12,23-25H,4-10,13-22H2,1-3H3,(H,34,40)(H,35,41)(H,36,46)(H,37,42)/t24?,25-/m0/s1. The molecule has 2 aliphatic heterocycles. The highest BCUT2D eigenvalue weighted by Crippen LogP contribution is 2.18. The van der Waals surface area contributed by atoms with Gasteiger partial charge >= 0.3 is 0 Å². The SMILES string of the molecule is CC(C)SCCC(=O)NCCCCCCNC(=O)[C@H](CCCCNC(=O)CCN1C(=O)C=CC1=O)NC(=O)CCN1C(=O)CC(C)C1=O.